The number of alkyl halides is 1. The number of nitrogens with zero attached hydrogens (tertiary/aromatic N) is 2. The van der Waals surface area contributed by atoms with Gasteiger partial charge in [-0.05, 0) is 31.8 Å². The van der Waals surface area contributed by atoms with E-state index in [1.54, 1.807) is 0 Å². The SMILES string of the molecule is CN(C)CCN(C)c1ccc(CCl)c(Cl)c1. The van der Waals surface area contributed by atoms with Crippen molar-refractivity contribution in [3.8, 4) is 0 Å². The molecule has 0 aliphatic carbocycles. The Labute approximate surface area is 108 Å². The van der Waals surface area contributed by atoms with Crippen molar-refractivity contribution >= 4 is 28.9 Å². The molecule has 0 bridgehead atoms. The van der Waals surface area contributed by atoms with E-state index in [1.807, 2.05) is 12.1 Å². The summed E-state index contributed by atoms with van der Waals surface area (Å²) in [6.07, 6.45) is 0. The lowest BCUT2D eigenvalue weighted by atomic mass is 10.2. The Bertz CT molecular complexity index is 340. The van der Waals surface area contributed by atoms with Crippen molar-refractivity contribution in [1.82, 2.24) is 4.90 Å². The second-order valence-corrected chi connectivity index (χ2v) is 4.81. The van der Waals surface area contributed by atoms with Crippen LogP contribution in [0.3, 0.4) is 0 Å². The lowest BCUT2D eigenvalue weighted by molar-refractivity contribution is 0.416. The number of hydrogen-bond donors (Lipinski definition) is 0. The summed E-state index contributed by atoms with van der Waals surface area (Å²) in [6.45, 7) is 1.99. The van der Waals surface area contributed by atoms with Gasteiger partial charge in [0, 0.05) is 36.7 Å². The minimum Gasteiger partial charge on any atom is -0.373 e. The maximum Gasteiger partial charge on any atom is 0.0488 e. The van der Waals surface area contributed by atoms with Gasteiger partial charge in [0.25, 0.3) is 0 Å². The first kappa shape index (κ1) is 13.6. The first-order valence-electron chi connectivity index (χ1n) is 5.25. The molecule has 0 atom stereocenters. The predicted molar refractivity (Wildman–Crippen MR) is 72.8 cm³/mol. The molecule has 1 aromatic carbocycles. The molecule has 0 saturated heterocycles. The van der Waals surface area contributed by atoms with Crippen molar-refractivity contribution in [2.45, 2.75) is 5.88 Å². The summed E-state index contributed by atoms with van der Waals surface area (Å²) in [6, 6.07) is 6.00. The Morgan fingerprint density at radius 1 is 1.12 bits per heavy atom. The maximum absolute atomic E-state index is 6.11. The molecule has 1 aromatic rings. The smallest absolute Gasteiger partial charge is 0.0488 e. The zero-order valence-corrected chi connectivity index (χ0v) is 11.5. The van der Waals surface area contributed by atoms with Crippen LogP contribution in [0.2, 0.25) is 5.02 Å². The molecule has 0 heterocycles. The van der Waals surface area contributed by atoms with E-state index in [9.17, 15) is 0 Å². The molecule has 1 rings (SSSR count). The van der Waals surface area contributed by atoms with Gasteiger partial charge in [-0.1, -0.05) is 17.7 Å². The summed E-state index contributed by atoms with van der Waals surface area (Å²) < 4.78 is 0. The van der Waals surface area contributed by atoms with E-state index in [0.717, 1.165) is 29.4 Å². The van der Waals surface area contributed by atoms with Gasteiger partial charge >= 0.3 is 0 Å². The lowest BCUT2D eigenvalue weighted by Crippen LogP contribution is -2.28. The number of hydrogen-bond acceptors (Lipinski definition) is 2. The molecule has 0 aliphatic rings. The molecule has 0 aromatic heterocycles. The number of likely N-dealkylation sites (N-methyl/N-ethyl adjacent to an activating group) is 2. The highest BCUT2D eigenvalue weighted by atomic mass is 35.5. The van der Waals surface area contributed by atoms with E-state index in [0.29, 0.717) is 5.88 Å². The molecular formula is C12H18Cl2N2. The number of rotatable bonds is 5. The molecule has 4 heteroatoms. The quantitative estimate of drug-likeness (QED) is 0.751. The van der Waals surface area contributed by atoms with Crippen LogP contribution in [0.15, 0.2) is 18.2 Å². The number of anilines is 1. The van der Waals surface area contributed by atoms with Crippen LogP contribution < -0.4 is 4.90 Å². The fraction of sp³-hybridized carbons (Fsp3) is 0.500. The van der Waals surface area contributed by atoms with Crippen LogP contribution in [-0.2, 0) is 5.88 Å². The Kier molecular flexibility index (Phi) is 5.39. The minimum atomic E-state index is 0.459. The summed E-state index contributed by atoms with van der Waals surface area (Å²) in [5, 5.41) is 0.740. The van der Waals surface area contributed by atoms with Gasteiger partial charge in [-0.2, -0.15) is 0 Å². The molecular weight excluding hydrogens is 243 g/mol. The fourth-order valence-electron chi connectivity index (χ4n) is 1.36. The molecule has 0 fully saturated rings. The summed E-state index contributed by atoms with van der Waals surface area (Å²) in [5.41, 5.74) is 2.11. The van der Waals surface area contributed by atoms with Gasteiger partial charge in [0.1, 0.15) is 0 Å². The second-order valence-electron chi connectivity index (χ2n) is 4.13. The predicted octanol–water partition coefficient (Wildman–Crippen LogP) is 3.08. The van der Waals surface area contributed by atoms with Gasteiger partial charge in [0.15, 0.2) is 0 Å². The maximum atomic E-state index is 6.11. The van der Waals surface area contributed by atoms with Crippen molar-refractivity contribution < 1.29 is 0 Å². The highest BCUT2D eigenvalue weighted by molar-refractivity contribution is 6.32. The van der Waals surface area contributed by atoms with Crippen molar-refractivity contribution in [2.24, 2.45) is 0 Å². The zero-order chi connectivity index (χ0) is 12.1. The molecule has 90 valence electrons. The Balaban J connectivity index is 2.69. The van der Waals surface area contributed by atoms with Gasteiger partial charge in [-0.25, -0.2) is 0 Å². The third-order valence-corrected chi connectivity index (χ3v) is 3.14. The van der Waals surface area contributed by atoms with E-state index in [1.165, 1.54) is 0 Å². The summed E-state index contributed by atoms with van der Waals surface area (Å²) in [5.74, 6) is 0.459. The third kappa shape index (κ3) is 3.85. The van der Waals surface area contributed by atoms with Crippen molar-refractivity contribution in [1.29, 1.82) is 0 Å². The van der Waals surface area contributed by atoms with Gasteiger partial charge in [0.05, 0.1) is 0 Å². The van der Waals surface area contributed by atoms with Crippen molar-refractivity contribution in [3.05, 3.63) is 28.8 Å². The van der Waals surface area contributed by atoms with Crippen LogP contribution in [0.4, 0.5) is 5.69 Å². The third-order valence-electron chi connectivity index (χ3n) is 2.50. The summed E-state index contributed by atoms with van der Waals surface area (Å²) >= 11 is 11.9. The van der Waals surface area contributed by atoms with Crippen LogP contribution in [0.1, 0.15) is 5.56 Å². The van der Waals surface area contributed by atoms with Crippen LogP contribution >= 0.6 is 23.2 Å². The molecule has 0 spiro atoms. The van der Waals surface area contributed by atoms with Crippen LogP contribution in [0, 0.1) is 0 Å². The highest BCUT2D eigenvalue weighted by Gasteiger charge is 2.05. The van der Waals surface area contributed by atoms with E-state index in [-0.39, 0.29) is 0 Å². The van der Waals surface area contributed by atoms with Crippen molar-refractivity contribution in [3.63, 3.8) is 0 Å². The Morgan fingerprint density at radius 2 is 1.81 bits per heavy atom. The molecule has 0 unspecified atom stereocenters. The summed E-state index contributed by atoms with van der Waals surface area (Å²) in [7, 11) is 6.20. The summed E-state index contributed by atoms with van der Waals surface area (Å²) in [4.78, 5) is 4.34. The normalized spacial score (nSPS) is 10.9. The highest BCUT2D eigenvalue weighted by Crippen LogP contribution is 2.24. The first-order chi connectivity index (χ1) is 7.54. The zero-order valence-electron chi connectivity index (χ0n) is 10.0. The first-order valence-corrected chi connectivity index (χ1v) is 6.16. The molecule has 0 radical (unpaired) electrons. The lowest BCUT2D eigenvalue weighted by Gasteiger charge is -2.22. The molecule has 0 N–H and O–H groups in total. The largest absolute Gasteiger partial charge is 0.373 e. The topological polar surface area (TPSA) is 6.48 Å². The number of benzene rings is 1. The minimum absolute atomic E-state index is 0.459. The van der Waals surface area contributed by atoms with E-state index >= 15 is 0 Å². The van der Waals surface area contributed by atoms with Crippen LogP contribution in [0.5, 0.6) is 0 Å². The average molecular weight is 261 g/mol. The molecule has 0 amide bonds. The monoisotopic (exact) mass is 260 g/mol. The fourth-order valence-corrected chi connectivity index (χ4v) is 1.90. The van der Waals surface area contributed by atoms with Gasteiger partial charge in [-0.15, -0.1) is 11.6 Å². The van der Waals surface area contributed by atoms with E-state index in [4.69, 9.17) is 23.2 Å². The Morgan fingerprint density at radius 3 is 2.31 bits per heavy atom. The molecule has 16 heavy (non-hydrogen) atoms. The molecule has 2 nitrogen and oxygen atoms in total. The van der Waals surface area contributed by atoms with Gasteiger partial charge in [0.2, 0.25) is 0 Å². The van der Waals surface area contributed by atoms with Crippen molar-refractivity contribution in [2.75, 3.05) is 39.1 Å². The average Bonchev–Trinajstić information content (AvgIpc) is 2.25. The van der Waals surface area contributed by atoms with E-state index < -0.39 is 0 Å². The molecule has 0 saturated carbocycles. The van der Waals surface area contributed by atoms with Gasteiger partial charge in [-0.3, -0.25) is 0 Å². The van der Waals surface area contributed by atoms with Crippen LogP contribution in [-0.4, -0.2) is 39.1 Å². The molecule has 0 aliphatic heterocycles. The van der Waals surface area contributed by atoms with E-state index in [2.05, 4.69) is 37.0 Å². The second kappa shape index (κ2) is 6.33. The Hall–Kier alpha value is -0.440. The standard InChI is InChI=1S/C12H18Cl2N2/c1-15(2)6-7-16(3)11-5-4-10(9-13)12(14)8-11/h4-5,8H,6-7,9H2,1-3H3. The number of halogens is 2. The van der Waals surface area contributed by atoms with Gasteiger partial charge < -0.3 is 9.80 Å². The van der Waals surface area contributed by atoms with Crippen LogP contribution in [0.25, 0.3) is 0 Å².